The fourth-order valence-electron chi connectivity index (χ4n) is 2.24. The Bertz CT molecular complexity index is 387. The summed E-state index contributed by atoms with van der Waals surface area (Å²) in [6.45, 7) is 2.54. The van der Waals surface area contributed by atoms with E-state index >= 15 is 0 Å². The first kappa shape index (κ1) is 17.2. The van der Waals surface area contributed by atoms with Crippen LogP contribution in [0.1, 0.15) is 19.8 Å². The largest absolute Gasteiger partial charge is 0.480 e. The molecule has 1 aliphatic heterocycles. The molecule has 0 radical (unpaired) electrons. The predicted molar refractivity (Wildman–Crippen MR) is 72.8 cm³/mol. The first-order valence-electron chi connectivity index (χ1n) is 6.94. The number of likely N-dealkylation sites (tertiary alicyclic amines) is 1. The predicted octanol–water partition coefficient (Wildman–Crippen LogP) is 0.167. The lowest BCUT2D eigenvalue weighted by Crippen LogP contribution is -2.50. The lowest BCUT2D eigenvalue weighted by molar-refractivity contribution is -0.144. The van der Waals surface area contributed by atoms with Gasteiger partial charge >= 0.3 is 18.0 Å². The van der Waals surface area contributed by atoms with Crippen molar-refractivity contribution >= 4 is 18.0 Å². The quantitative estimate of drug-likeness (QED) is 0.673. The Labute approximate surface area is 123 Å². The summed E-state index contributed by atoms with van der Waals surface area (Å²) in [6, 6.07) is -1.30. The maximum Gasteiger partial charge on any atom is 0.326 e. The van der Waals surface area contributed by atoms with Crippen LogP contribution in [-0.4, -0.2) is 78.9 Å². The molecule has 1 fully saturated rings. The first-order chi connectivity index (χ1) is 10.0. The summed E-state index contributed by atoms with van der Waals surface area (Å²) >= 11 is 0. The van der Waals surface area contributed by atoms with Gasteiger partial charge in [0.15, 0.2) is 0 Å². The molecule has 1 aliphatic rings. The molecule has 0 spiro atoms. The molecule has 8 heteroatoms. The van der Waals surface area contributed by atoms with Crippen molar-refractivity contribution in [2.24, 2.45) is 0 Å². The van der Waals surface area contributed by atoms with Gasteiger partial charge in [0.25, 0.3) is 0 Å². The zero-order valence-electron chi connectivity index (χ0n) is 12.4. The molecule has 0 saturated carbocycles. The number of rotatable bonds is 7. The van der Waals surface area contributed by atoms with E-state index in [2.05, 4.69) is 0 Å². The number of nitrogens with zero attached hydrogens (tertiary/aromatic N) is 2. The average molecular weight is 302 g/mol. The Hall–Kier alpha value is -1.83. The van der Waals surface area contributed by atoms with Gasteiger partial charge in [0.2, 0.25) is 0 Å². The molecule has 1 heterocycles. The van der Waals surface area contributed by atoms with E-state index in [0.29, 0.717) is 19.4 Å². The van der Waals surface area contributed by atoms with E-state index in [-0.39, 0.29) is 26.3 Å². The molecule has 1 atom stereocenters. The summed E-state index contributed by atoms with van der Waals surface area (Å²) in [5.41, 5.74) is 0. The molecule has 21 heavy (non-hydrogen) atoms. The van der Waals surface area contributed by atoms with Crippen molar-refractivity contribution in [3.8, 4) is 0 Å². The van der Waals surface area contributed by atoms with Crippen LogP contribution in [-0.2, 0) is 19.1 Å². The molecule has 0 bridgehead atoms. The van der Waals surface area contributed by atoms with E-state index in [9.17, 15) is 14.4 Å². The van der Waals surface area contributed by atoms with Crippen LogP contribution >= 0.6 is 0 Å². The molecule has 0 aromatic carbocycles. The van der Waals surface area contributed by atoms with Gasteiger partial charge in [-0.3, -0.25) is 4.79 Å². The van der Waals surface area contributed by atoms with Gasteiger partial charge in [-0.25, -0.2) is 9.59 Å². The number of carboxylic acids is 1. The molecule has 2 amide bonds. The van der Waals surface area contributed by atoms with Crippen molar-refractivity contribution < 1.29 is 29.0 Å². The van der Waals surface area contributed by atoms with E-state index in [1.54, 1.807) is 6.92 Å². The fraction of sp³-hybridized carbons (Fsp3) is 0.769. The third-order valence-corrected chi connectivity index (χ3v) is 3.24. The Kier molecular flexibility index (Phi) is 6.93. The number of carbonyl (C=O) groups excluding carboxylic acids is 2. The summed E-state index contributed by atoms with van der Waals surface area (Å²) in [5, 5.41) is 9.13. The molecule has 8 nitrogen and oxygen atoms in total. The molecule has 0 aromatic rings. The molecular weight excluding hydrogens is 280 g/mol. The molecule has 1 saturated heterocycles. The third-order valence-electron chi connectivity index (χ3n) is 3.24. The molecule has 1 N–H and O–H groups in total. The number of hydrogen-bond acceptors (Lipinski definition) is 5. The van der Waals surface area contributed by atoms with Gasteiger partial charge in [-0.05, 0) is 19.8 Å². The highest BCUT2D eigenvalue weighted by Crippen LogP contribution is 2.19. The number of aliphatic carboxylic acids is 1. The minimum absolute atomic E-state index is 0.205. The normalized spacial score (nSPS) is 17.6. The van der Waals surface area contributed by atoms with E-state index in [1.165, 1.54) is 16.9 Å². The van der Waals surface area contributed by atoms with Crippen molar-refractivity contribution in [3.63, 3.8) is 0 Å². The van der Waals surface area contributed by atoms with Crippen molar-refractivity contribution in [3.05, 3.63) is 0 Å². The number of amides is 2. The van der Waals surface area contributed by atoms with Crippen LogP contribution in [0.2, 0.25) is 0 Å². The zero-order chi connectivity index (χ0) is 15.8. The van der Waals surface area contributed by atoms with Gasteiger partial charge in [0.05, 0.1) is 13.2 Å². The van der Waals surface area contributed by atoms with Gasteiger partial charge in [0.1, 0.15) is 12.6 Å². The summed E-state index contributed by atoms with van der Waals surface area (Å²) in [7, 11) is 1.49. The number of carboxylic acid groups (broad SMARTS) is 1. The number of methoxy groups -OCH3 is 1. The van der Waals surface area contributed by atoms with Crippen molar-refractivity contribution in [1.82, 2.24) is 9.80 Å². The van der Waals surface area contributed by atoms with Crippen LogP contribution in [0.5, 0.6) is 0 Å². The average Bonchev–Trinajstić information content (AvgIpc) is 2.92. The van der Waals surface area contributed by atoms with E-state index < -0.39 is 24.0 Å². The fourth-order valence-corrected chi connectivity index (χ4v) is 2.24. The lowest BCUT2D eigenvalue weighted by Gasteiger charge is -2.29. The topological polar surface area (TPSA) is 96.4 Å². The van der Waals surface area contributed by atoms with Gasteiger partial charge < -0.3 is 24.4 Å². The molecule has 0 aromatic heterocycles. The van der Waals surface area contributed by atoms with E-state index in [4.69, 9.17) is 14.6 Å². The van der Waals surface area contributed by atoms with Crippen LogP contribution < -0.4 is 0 Å². The second kappa shape index (κ2) is 8.46. The molecule has 0 unspecified atom stereocenters. The minimum Gasteiger partial charge on any atom is -0.480 e. The highest BCUT2D eigenvalue weighted by Gasteiger charge is 2.36. The lowest BCUT2D eigenvalue weighted by atomic mass is 10.2. The first-order valence-corrected chi connectivity index (χ1v) is 6.94. The van der Waals surface area contributed by atoms with E-state index in [1.807, 2.05) is 0 Å². The van der Waals surface area contributed by atoms with Gasteiger partial charge in [-0.1, -0.05) is 0 Å². The Balaban J connectivity index is 2.73. The van der Waals surface area contributed by atoms with Crippen molar-refractivity contribution in [2.45, 2.75) is 25.8 Å². The standard InChI is InChI=1S/C13H22N2O6/c1-3-21-11(16)9-14(7-8-20-2)13(19)15-6-4-5-10(15)12(17)18/h10H,3-9H2,1-2H3,(H,17,18)/t10-/m0/s1. The number of esters is 1. The highest BCUT2D eigenvalue weighted by molar-refractivity contribution is 5.85. The highest BCUT2D eigenvalue weighted by atomic mass is 16.5. The van der Waals surface area contributed by atoms with Crippen molar-refractivity contribution in [2.75, 3.05) is 40.0 Å². The van der Waals surface area contributed by atoms with Crippen LogP contribution in [0.25, 0.3) is 0 Å². The summed E-state index contributed by atoms with van der Waals surface area (Å²) in [4.78, 5) is 37.7. The van der Waals surface area contributed by atoms with Crippen LogP contribution in [0.3, 0.4) is 0 Å². The number of ether oxygens (including phenoxy) is 2. The SMILES string of the molecule is CCOC(=O)CN(CCOC)C(=O)N1CCC[C@H]1C(=O)O. The molecule has 1 rings (SSSR count). The maximum atomic E-state index is 12.4. The molecular formula is C13H22N2O6. The van der Waals surface area contributed by atoms with Gasteiger partial charge in [0, 0.05) is 20.2 Å². The van der Waals surface area contributed by atoms with Crippen molar-refractivity contribution in [1.29, 1.82) is 0 Å². The van der Waals surface area contributed by atoms with E-state index in [0.717, 1.165) is 0 Å². The van der Waals surface area contributed by atoms with Crippen LogP contribution in [0, 0.1) is 0 Å². The smallest absolute Gasteiger partial charge is 0.326 e. The number of hydrogen-bond donors (Lipinski definition) is 1. The van der Waals surface area contributed by atoms with Crippen LogP contribution in [0.4, 0.5) is 4.79 Å². The molecule has 0 aliphatic carbocycles. The maximum absolute atomic E-state index is 12.4. The Morgan fingerprint density at radius 2 is 2.10 bits per heavy atom. The van der Waals surface area contributed by atoms with Crippen LogP contribution in [0.15, 0.2) is 0 Å². The molecule has 120 valence electrons. The number of carbonyl (C=O) groups is 3. The monoisotopic (exact) mass is 302 g/mol. The Morgan fingerprint density at radius 1 is 1.38 bits per heavy atom. The van der Waals surface area contributed by atoms with Gasteiger partial charge in [-0.2, -0.15) is 0 Å². The second-order valence-electron chi connectivity index (χ2n) is 4.69. The zero-order valence-corrected chi connectivity index (χ0v) is 12.4. The van der Waals surface area contributed by atoms with Gasteiger partial charge in [-0.15, -0.1) is 0 Å². The third kappa shape index (κ3) is 4.89. The second-order valence-corrected chi connectivity index (χ2v) is 4.69. The Morgan fingerprint density at radius 3 is 2.67 bits per heavy atom. The summed E-state index contributed by atoms with van der Waals surface area (Å²) in [5.74, 6) is -1.54. The minimum atomic E-state index is -1.02. The summed E-state index contributed by atoms with van der Waals surface area (Å²) < 4.78 is 9.75. The summed E-state index contributed by atoms with van der Waals surface area (Å²) in [6.07, 6.45) is 1.07. The number of urea groups is 1.